The number of carbonyl (C=O) groups is 1. The average molecular weight is 390 g/mol. The highest BCUT2D eigenvalue weighted by molar-refractivity contribution is 5.81. The number of carboxylic acids is 1. The van der Waals surface area contributed by atoms with Crippen molar-refractivity contribution in [1.82, 2.24) is 24.5 Å². The molecule has 0 saturated carbocycles. The van der Waals surface area contributed by atoms with Crippen LogP contribution in [-0.2, 0) is 11.3 Å². The predicted molar refractivity (Wildman–Crippen MR) is 107 cm³/mol. The van der Waals surface area contributed by atoms with Crippen molar-refractivity contribution in [1.29, 1.82) is 0 Å². The number of benzene rings is 1. The maximum absolute atomic E-state index is 10.7. The van der Waals surface area contributed by atoms with E-state index in [1.54, 1.807) is 36.8 Å². The summed E-state index contributed by atoms with van der Waals surface area (Å²) in [7, 11) is 0. The Morgan fingerprint density at radius 2 is 2.10 bits per heavy atom. The Labute approximate surface area is 165 Å². The number of aromatic nitrogens is 5. The molecule has 4 aromatic rings. The van der Waals surface area contributed by atoms with Gasteiger partial charge in [-0.05, 0) is 25.1 Å². The number of fused-ring (bicyclic) bond motifs is 1. The van der Waals surface area contributed by atoms with Crippen molar-refractivity contribution in [3.8, 4) is 28.5 Å². The fourth-order valence-corrected chi connectivity index (χ4v) is 3.07. The molecule has 0 fully saturated rings. The van der Waals surface area contributed by atoms with E-state index in [-0.39, 0.29) is 5.82 Å². The quantitative estimate of drug-likeness (QED) is 0.514. The molecule has 9 nitrogen and oxygen atoms in total. The molecule has 0 spiro atoms. The van der Waals surface area contributed by atoms with Crippen LogP contribution in [0.2, 0.25) is 0 Å². The smallest absolute Gasteiger partial charge is 0.341 e. The Balaban J connectivity index is 1.78. The van der Waals surface area contributed by atoms with E-state index in [1.165, 1.54) is 0 Å². The molecular formula is C20H18N6O3. The van der Waals surface area contributed by atoms with E-state index < -0.39 is 12.6 Å². The number of pyridine rings is 1. The Morgan fingerprint density at radius 1 is 1.24 bits per heavy atom. The van der Waals surface area contributed by atoms with Gasteiger partial charge in [0.2, 0.25) is 0 Å². The van der Waals surface area contributed by atoms with Crippen LogP contribution in [0.25, 0.3) is 33.8 Å². The third-order valence-electron chi connectivity index (χ3n) is 4.37. The topological polar surface area (TPSA) is 129 Å². The number of hydrogen-bond donors (Lipinski definition) is 2. The first kappa shape index (κ1) is 18.4. The summed E-state index contributed by atoms with van der Waals surface area (Å²) in [4.78, 5) is 28.5. The van der Waals surface area contributed by atoms with E-state index in [9.17, 15) is 4.79 Å². The highest BCUT2D eigenvalue weighted by Crippen LogP contribution is 2.29. The molecule has 0 aliphatic rings. The second kappa shape index (κ2) is 7.55. The lowest BCUT2D eigenvalue weighted by atomic mass is 10.1. The molecular weight excluding hydrogens is 372 g/mol. The molecule has 0 atom stereocenters. The van der Waals surface area contributed by atoms with Gasteiger partial charge in [-0.1, -0.05) is 12.1 Å². The SMILES string of the molecule is CCn1c(-c2nc(-c3cccc(OCC(=O)O)c3)cnc2N)nc2cnccc21. The van der Waals surface area contributed by atoms with E-state index in [2.05, 4.69) is 19.9 Å². The summed E-state index contributed by atoms with van der Waals surface area (Å²) < 4.78 is 7.26. The molecule has 0 aliphatic heterocycles. The minimum absolute atomic E-state index is 0.269. The van der Waals surface area contributed by atoms with Gasteiger partial charge in [-0.2, -0.15) is 0 Å². The molecule has 0 saturated heterocycles. The number of imidazole rings is 1. The molecule has 3 aromatic heterocycles. The number of hydrogen-bond acceptors (Lipinski definition) is 7. The predicted octanol–water partition coefficient (Wildman–Crippen LogP) is 2.62. The molecule has 0 unspecified atom stereocenters. The number of nitrogens with zero attached hydrogens (tertiary/aromatic N) is 5. The van der Waals surface area contributed by atoms with Gasteiger partial charge in [-0.3, -0.25) is 4.98 Å². The second-order valence-electron chi connectivity index (χ2n) is 6.24. The number of nitrogen functional groups attached to an aromatic ring is 1. The van der Waals surface area contributed by atoms with Crippen molar-refractivity contribution in [3.63, 3.8) is 0 Å². The Hall–Kier alpha value is -4.01. The second-order valence-corrected chi connectivity index (χ2v) is 6.24. The first-order valence-corrected chi connectivity index (χ1v) is 8.95. The highest BCUT2D eigenvalue weighted by atomic mass is 16.5. The van der Waals surface area contributed by atoms with E-state index >= 15 is 0 Å². The average Bonchev–Trinajstić information content (AvgIpc) is 3.11. The van der Waals surface area contributed by atoms with Crippen LogP contribution >= 0.6 is 0 Å². The molecule has 29 heavy (non-hydrogen) atoms. The van der Waals surface area contributed by atoms with Crippen molar-refractivity contribution < 1.29 is 14.6 Å². The highest BCUT2D eigenvalue weighted by Gasteiger charge is 2.17. The number of carboxylic acid groups (broad SMARTS) is 1. The molecule has 0 aliphatic carbocycles. The maximum atomic E-state index is 10.7. The van der Waals surface area contributed by atoms with E-state index in [1.807, 2.05) is 23.6 Å². The first-order chi connectivity index (χ1) is 14.1. The lowest BCUT2D eigenvalue weighted by Crippen LogP contribution is -2.09. The van der Waals surface area contributed by atoms with Crippen LogP contribution in [-0.4, -0.2) is 42.2 Å². The van der Waals surface area contributed by atoms with Crippen LogP contribution in [0.4, 0.5) is 5.82 Å². The Kier molecular flexibility index (Phi) is 4.78. The zero-order valence-corrected chi connectivity index (χ0v) is 15.6. The minimum atomic E-state index is -1.04. The summed E-state index contributed by atoms with van der Waals surface area (Å²) in [6.45, 7) is 2.28. The summed E-state index contributed by atoms with van der Waals surface area (Å²) in [6.07, 6.45) is 4.98. The lowest BCUT2D eigenvalue weighted by Gasteiger charge is -2.10. The van der Waals surface area contributed by atoms with Crippen LogP contribution in [0.1, 0.15) is 6.92 Å². The van der Waals surface area contributed by atoms with Crippen molar-refractivity contribution in [3.05, 3.63) is 48.9 Å². The van der Waals surface area contributed by atoms with Crippen molar-refractivity contribution in [2.75, 3.05) is 12.3 Å². The third-order valence-corrected chi connectivity index (χ3v) is 4.37. The van der Waals surface area contributed by atoms with E-state index in [0.29, 0.717) is 29.5 Å². The van der Waals surface area contributed by atoms with Crippen LogP contribution in [0.3, 0.4) is 0 Å². The van der Waals surface area contributed by atoms with Crippen molar-refractivity contribution in [2.45, 2.75) is 13.5 Å². The number of aryl methyl sites for hydroxylation is 1. The van der Waals surface area contributed by atoms with Crippen LogP contribution < -0.4 is 10.5 Å². The first-order valence-electron chi connectivity index (χ1n) is 8.95. The normalized spacial score (nSPS) is 10.9. The summed E-state index contributed by atoms with van der Waals surface area (Å²) in [5.74, 6) is 0.264. The van der Waals surface area contributed by atoms with Crippen molar-refractivity contribution in [2.24, 2.45) is 0 Å². The molecule has 3 heterocycles. The largest absolute Gasteiger partial charge is 0.482 e. The third kappa shape index (κ3) is 3.57. The van der Waals surface area contributed by atoms with Crippen LogP contribution in [0.15, 0.2) is 48.9 Å². The summed E-state index contributed by atoms with van der Waals surface area (Å²) >= 11 is 0. The van der Waals surface area contributed by atoms with Gasteiger partial charge in [-0.25, -0.2) is 19.7 Å². The molecule has 4 rings (SSSR count). The van der Waals surface area contributed by atoms with Gasteiger partial charge in [0.1, 0.15) is 17.0 Å². The number of nitrogens with two attached hydrogens (primary N) is 1. The fraction of sp³-hybridized carbons (Fsp3) is 0.150. The van der Waals surface area contributed by atoms with E-state index in [4.69, 9.17) is 15.6 Å². The van der Waals surface area contributed by atoms with Crippen molar-refractivity contribution >= 4 is 22.8 Å². The summed E-state index contributed by atoms with van der Waals surface area (Å²) in [5.41, 5.74) is 9.58. The van der Waals surface area contributed by atoms with Gasteiger partial charge in [-0.15, -0.1) is 0 Å². The molecule has 3 N–H and O–H groups in total. The standard InChI is InChI=1S/C20H18N6O3/c1-2-26-16-6-7-22-9-15(16)25-20(26)18-19(21)23-10-14(24-18)12-4-3-5-13(8-12)29-11-17(27)28/h3-10H,2,11H2,1H3,(H2,21,23)(H,27,28). The molecule has 146 valence electrons. The van der Waals surface area contributed by atoms with Gasteiger partial charge < -0.3 is 20.1 Å². The van der Waals surface area contributed by atoms with Gasteiger partial charge in [0.15, 0.2) is 18.2 Å². The number of ether oxygens (including phenoxy) is 1. The number of anilines is 1. The zero-order valence-electron chi connectivity index (χ0n) is 15.6. The fourth-order valence-electron chi connectivity index (χ4n) is 3.07. The molecule has 9 heteroatoms. The lowest BCUT2D eigenvalue weighted by molar-refractivity contribution is -0.139. The molecule has 0 bridgehead atoms. The van der Waals surface area contributed by atoms with Crippen LogP contribution in [0.5, 0.6) is 5.75 Å². The molecule has 0 amide bonds. The summed E-state index contributed by atoms with van der Waals surface area (Å²) in [6, 6.07) is 8.88. The van der Waals surface area contributed by atoms with Crippen LogP contribution in [0, 0.1) is 0 Å². The van der Waals surface area contributed by atoms with E-state index in [0.717, 1.165) is 16.6 Å². The van der Waals surface area contributed by atoms with Gasteiger partial charge in [0.05, 0.1) is 23.6 Å². The van der Waals surface area contributed by atoms with Gasteiger partial charge >= 0.3 is 5.97 Å². The zero-order chi connectivity index (χ0) is 20.4. The monoisotopic (exact) mass is 390 g/mol. The maximum Gasteiger partial charge on any atom is 0.341 e. The minimum Gasteiger partial charge on any atom is -0.482 e. The van der Waals surface area contributed by atoms with Gasteiger partial charge in [0.25, 0.3) is 0 Å². The Morgan fingerprint density at radius 3 is 2.90 bits per heavy atom. The number of rotatable bonds is 6. The summed E-state index contributed by atoms with van der Waals surface area (Å²) in [5, 5.41) is 8.79. The van der Waals surface area contributed by atoms with Gasteiger partial charge in [0, 0.05) is 18.3 Å². The molecule has 1 aromatic carbocycles. The Bertz CT molecular complexity index is 1200. The number of aliphatic carboxylic acids is 1. The molecule has 0 radical (unpaired) electrons.